The number of aromatic nitrogens is 4. The lowest BCUT2D eigenvalue weighted by molar-refractivity contribution is 0.0697. The first-order chi connectivity index (χ1) is 14.5. The van der Waals surface area contributed by atoms with Crippen LogP contribution in [0.1, 0.15) is 16.1 Å². The lowest BCUT2D eigenvalue weighted by Gasteiger charge is -2.34. The van der Waals surface area contributed by atoms with Crippen LogP contribution in [0.2, 0.25) is 0 Å². The summed E-state index contributed by atoms with van der Waals surface area (Å²) in [6.45, 7) is 2.70. The van der Waals surface area contributed by atoms with Gasteiger partial charge in [0, 0.05) is 62.1 Å². The van der Waals surface area contributed by atoms with E-state index < -0.39 is 10.0 Å². The zero-order chi connectivity index (χ0) is 21.1. The van der Waals surface area contributed by atoms with Gasteiger partial charge >= 0.3 is 0 Å². The highest BCUT2D eigenvalue weighted by Crippen LogP contribution is 2.22. The summed E-state index contributed by atoms with van der Waals surface area (Å²) in [5.74, 6) is 0.294. The standard InChI is InChI=1S/C20H20N6O3S/c1-15-18(14-23-19(24-15)17-3-2-6-22-13-17)30(28,29)26-11-9-25(10-12-26)20(27)16-4-7-21-8-5-16/h2-8,13-14H,9-12H2,1H3. The van der Waals surface area contributed by atoms with Crippen molar-refractivity contribution in [3.63, 3.8) is 0 Å². The second-order valence-electron chi connectivity index (χ2n) is 6.82. The van der Waals surface area contributed by atoms with Gasteiger partial charge in [-0.05, 0) is 31.2 Å². The maximum Gasteiger partial charge on any atom is 0.254 e. The van der Waals surface area contributed by atoms with Crippen LogP contribution in [0.15, 0.2) is 60.1 Å². The zero-order valence-electron chi connectivity index (χ0n) is 16.3. The van der Waals surface area contributed by atoms with E-state index in [0.717, 1.165) is 0 Å². The Balaban J connectivity index is 1.49. The molecule has 0 atom stereocenters. The summed E-state index contributed by atoms with van der Waals surface area (Å²) in [7, 11) is -3.76. The molecule has 1 saturated heterocycles. The average Bonchev–Trinajstić information content (AvgIpc) is 2.79. The monoisotopic (exact) mass is 424 g/mol. The topological polar surface area (TPSA) is 109 Å². The highest BCUT2D eigenvalue weighted by atomic mass is 32.2. The van der Waals surface area contributed by atoms with Crippen molar-refractivity contribution in [1.82, 2.24) is 29.1 Å². The van der Waals surface area contributed by atoms with E-state index in [4.69, 9.17) is 0 Å². The minimum Gasteiger partial charge on any atom is -0.336 e. The summed E-state index contributed by atoms with van der Waals surface area (Å²) in [6, 6.07) is 6.88. The molecule has 4 rings (SSSR count). The number of hydrogen-bond acceptors (Lipinski definition) is 7. The molecule has 1 aliphatic rings. The number of sulfonamides is 1. The van der Waals surface area contributed by atoms with Gasteiger partial charge in [-0.25, -0.2) is 18.4 Å². The molecule has 4 heterocycles. The number of amides is 1. The molecule has 10 heteroatoms. The molecule has 1 amide bonds. The van der Waals surface area contributed by atoms with Crippen LogP contribution in [0.4, 0.5) is 0 Å². The van der Waals surface area contributed by atoms with E-state index in [0.29, 0.717) is 35.7 Å². The van der Waals surface area contributed by atoms with Crippen LogP contribution < -0.4 is 0 Å². The molecule has 0 N–H and O–H groups in total. The van der Waals surface area contributed by atoms with Gasteiger partial charge in [0.1, 0.15) is 4.90 Å². The van der Waals surface area contributed by atoms with Gasteiger partial charge in [-0.2, -0.15) is 4.31 Å². The third kappa shape index (κ3) is 3.91. The van der Waals surface area contributed by atoms with Crippen molar-refractivity contribution in [2.75, 3.05) is 26.2 Å². The second-order valence-corrected chi connectivity index (χ2v) is 8.72. The number of piperazine rings is 1. The van der Waals surface area contributed by atoms with Gasteiger partial charge in [0.2, 0.25) is 10.0 Å². The quantitative estimate of drug-likeness (QED) is 0.622. The molecule has 0 aromatic carbocycles. The fourth-order valence-corrected chi connectivity index (χ4v) is 4.82. The first kappa shape index (κ1) is 20.0. The lowest BCUT2D eigenvalue weighted by Crippen LogP contribution is -2.50. The molecule has 9 nitrogen and oxygen atoms in total. The summed E-state index contributed by atoms with van der Waals surface area (Å²) in [5, 5.41) is 0. The predicted octanol–water partition coefficient (Wildman–Crippen LogP) is 1.39. The molecule has 1 aliphatic heterocycles. The summed E-state index contributed by atoms with van der Waals surface area (Å²) in [5.41, 5.74) is 1.63. The summed E-state index contributed by atoms with van der Waals surface area (Å²) < 4.78 is 27.6. The smallest absolute Gasteiger partial charge is 0.254 e. The van der Waals surface area contributed by atoms with Crippen LogP contribution in [-0.2, 0) is 10.0 Å². The highest BCUT2D eigenvalue weighted by molar-refractivity contribution is 7.89. The number of rotatable bonds is 4. The van der Waals surface area contributed by atoms with Crippen LogP contribution in [-0.4, -0.2) is 69.6 Å². The SMILES string of the molecule is Cc1nc(-c2cccnc2)ncc1S(=O)(=O)N1CCN(C(=O)c2ccncc2)CC1. The maximum absolute atomic E-state index is 13.1. The van der Waals surface area contributed by atoms with Gasteiger partial charge < -0.3 is 4.90 Å². The van der Waals surface area contributed by atoms with Crippen molar-refractivity contribution in [2.24, 2.45) is 0 Å². The van der Waals surface area contributed by atoms with Crippen molar-refractivity contribution in [2.45, 2.75) is 11.8 Å². The Hall–Kier alpha value is -3.24. The van der Waals surface area contributed by atoms with Crippen LogP contribution >= 0.6 is 0 Å². The van der Waals surface area contributed by atoms with Gasteiger partial charge in [0.25, 0.3) is 5.91 Å². The van der Waals surface area contributed by atoms with E-state index in [2.05, 4.69) is 19.9 Å². The Bertz CT molecular complexity index is 1150. The first-order valence-corrected chi connectivity index (χ1v) is 10.8. The fraction of sp³-hybridized carbons (Fsp3) is 0.250. The number of hydrogen-bond donors (Lipinski definition) is 0. The maximum atomic E-state index is 13.1. The lowest BCUT2D eigenvalue weighted by atomic mass is 10.2. The summed E-state index contributed by atoms with van der Waals surface area (Å²) in [4.78, 5) is 30.8. The van der Waals surface area contributed by atoms with Crippen molar-refractivity contribution in [3.05, 3.63) is 66.5 Å². The van der Waals surface area contributed by atoms with Crippen molar-refractivity contribution in [1.29, 1.82) is 0 Å². The minimum atomic E-state index is -3.76. The van der Waals surface area contributed by atoms with Crippen LogP contribution in [0.5, 0.6) is 0 Å². The molecule has 0 aliphatic carbocycles. The molecule has 30 heavy (non-hydrogen) atoms. The number of carbonyl (C=O) groups excluding carboxylic acids is 1. The van der Waals surface area contributed by atoms with E-state index in [1.165, 1.54) is 10.5 Å². The molecule has 0 saturated carbocycles. The largest absolute Gasteiger partial charge is 0.336 e. The molecular formula is C20H20N6O3S. The minimum absolute atomic E-state index is 0.0732. The fourth-order valence-electron chi connectivity index (χ4n) is 3.29. The molecule has 1 fully saturated rings. The van der Waals surface area contributed by atoms with Crippen molar-refractivity contribution >= 4 is 15.9 Å². The number of nitrogens with zero attached hydrogens (tertiary/aromatic N) is 6. The summed E-state index contributed by atoms with van der Waals surface area (Å²) in [6.07, 6.45) is 7.74. The third-order valence-corrected chi connectivity index (χ3v) is 6.93. The Kier molecular flexibility index (Phi) is 5.51. The van der Waals surface area contributed by atoms with Crippen LogP contribution in [0, 0.1) is 6.92 Å². The van der Waals surface area contributed by atoms with Crippen LogP contribution in [0.25, 0.3) is 11.4 Å². The number of aryl methyl sites for hydroxylation is 1. The molecule has 0 bridgehead atoms. The van der Waals surface area contributed by atoms with Gasteiger partial charge in [-0.3, -0.25) is 14.8 Å². The highest BCUT2D eigenvalue weighted by Gasteiger charge is 2.32. The average molecular weight is 424 g/mol. The second kappa shape index (κ2) is 8.25. The van der Waals surface area contributed by atoms with Gasteiger partial charge in [-0.1, -0.05) is 0 Å². The Labute approximate surface area is 174 Å². The predicted molar refractivity (Wildman–Crippen MR) is 109 cm³/mol. The number of carbonyl (C=O) groups is 1. The van der Waals surface area contributed by atoms with Gasteiger partial charge in [-0.15, -0.1) is 0 Å². The van der Waals surface area contributed by atoms with Gasteiger partial charge in [0.15, 0.2) is 5.82 Å². The molecule has 0 radical (unpaired) electrons. The Morgan fingerprint density at radius 2 is 1.70 bits per heavy atom. The van der Waals surface area contributed by atoms with Crippen molar-refractivity contribution < 1.29 is 13.2 Å². The van der Waals surface area contributed by atoms with E-state index >= 15 is 0 Å². The molecule has 0 unspecified atom stereocenters. The first-order valence-electron chi connectivity index (χ1n) is 9.40. The molecular weight excluding hydrogens is 404 g/mol. The Morgan fingerprint density at radius 1 is 0.967 bits per heavy atom. The molecule has 0 spiro atoms. The molecule has 3 aromatic rings. The molecule has 154 valence electrons. The zero-order valence-corrected chi connectivity index (χ0v) is 17.2. The third-order valence-electron chi connectivity index (χ3n) is 4.92. The summed E-state index contributed by atoms with van der Waals surface area (Å²) >= 11 is 0. The van der Waals surface area contributed by atoms with E-state index in [1.54, 1.807) is 54.8 Å². The number of pyridine rings is 2. The van der Waals surface area contributed by atoms with E-state index in [1.807, 2.05) is 6.07 Å². The Morgan fingerprint density at radius 3 is 2.33 bits per heavy atom. The van der Waals surface area contributed by atoms with E-state index in [-0.39, 0.29) is 23.9 Å². The van der Waals surface area contributed by atoms with Crippen LogP contribution in [0.3, 0.4) is 0 Å². The van der Waals surface area contributed by atoms with Crippen molar-refractivity contribution in [3.8, 4) is 11.4 Å². The van der Waals surface area contributed by atoms with E-state index in [9.17, 15) is 13.2 Å². The normalized spacial score (nSPS) is 15.2. The van der Waals surface area contributed by atoms with Gasteiger partial charge in [0.05, 0.1) is 11.9 Å². The molecule has 3 aromatic heterocycles.